The van der Waals surface area contributed by atoms with Crippen LogP contribution in [-0.4, -0.2) is 17.5 Å². The normalized spacial score (nSPS) is 13.9. The molecule has 1 heterocycles. The van der Waals surface area contributed by atoms with Gasteiger partial charge in [0, 0.05) is 35.9 Å². The molecule has 0 spiro atoms. The Hall–Kier alpha value is -2.53. The quantitative estimate of drug-likeness (QED) is 0.794. The molecule has 1 aliphatic heterocycles. The van der Waals surface area contributed by atoms with E-state index in [-0.39, 0.29) is 5.91 Å². The molecule has 0 saturated carbocycles. The maximum atomic E-state index is 12.1. The Morgan fingerprint density at radius 3 is 2.82 bits per heavy atom. The van der Waals surface area contributed by atoms with Gasteiger partial charge in [-0.3, -0.25) is 9.80 Å². The molecule has 0 aliphatic carbocycles. The summed E-state index contributed by atoms with van der Waals surface area (Å²) in [6, 6.07) is 14.0. The van der Waals surface area contributed by atoms with Gasteiger partial charge < -0.3 is 10.7 Å². The molecule has 3 rings (SSSR count). The van der Waals surface area contributed by atoms with Crippen LogP contribution in [0.25, 0.3) is 10.8 Å². The molecule has 2 aromatic carbocycles. The highest BCUT2D eigenvalue weighted by Gasteiger charge is 2.09. The predicted molar refractivity (Wildman–Crippen MR) is 88.5 cm³/mol. The average molecular weight is 296 g/mol. The van der Waals surface area contributed by atoms with E-state index in [0.717, 1.165) is 35.1 Å². The number of hydrogen-bond acceptors (Lipinski definition) is 4. The molecule has 0 unspecified atom stereocenters. The number of anilines is 1. The summed E-state index contributed by atoms with van der Waals surface area (Å²) in [5, 5.41) is 7.16. The topological polar surface area (TPSA) is 56.4 Å². The van der Waals surface area contributed by atoms with Crippen LogP contribution in [0.5, 0.6) is 0 Å². The summed E-state index contributed by atoms with van der Waals surface area (Å²) in [6.07, 6.45) is 3.27. The fourth-order valence-corrected chi connectivity index (χ4v) is 2.54. The van der Waals surface area contributed by atoms with Gasteiger partial charge in [-0.15, -0.1) is 5.53 Å². The van der Waals surface area contributed by atoms with Crippen molar-refractivity contribution >= 4 is 22.4 Å². The first-order valence-corrected chi connectivity index (χ1v) is 7.47. The minimum Gasteiger partial charge on any atom is -0.326 e. The Kier molecular flexibility index (Phi) is 4.25. The molecule has 1 aliphatic rings. The van der Waals surface area contributed by atoms with Crippen LogP contribution in [0.2, 0.25) is 0 Å². The molecule has 1 amide bonds. The molecule has 0 aromatic heterocycles. The number of carbonyl (C=O) groups excluding carboxylic acids is 1. The van der Waals surface area contributed by atoms with Crippen LogP contribution in [-0.2, 0) is 4.79 Å². The molecule has 2 aromatic rings. The number of hydrazine groups is 2. The maximum absolute atomic E-state index is 12.1. The third-order valence-electron chi connectivity index (χ3n) is 3.61. The Morgan fingerprint density at radius 2 is 2.00 bits per heavy atom. The van der Waals surface area contributed by atoms with Crippen molar-refractivity contribution in [2.45, 2.75) is 19.8 Å². The minimum absolute atomic E-state index is 0.0456. The van der Waals surface area contributed by atoms with Crippen LogP contribution in [0.15, 0.2) is 54.4 Å². The Labute approximate surface area is 129 Å². The summed E-state index contributed by atoms with van der Waals surface area (Å²) in [6.45, 7) is 2.77. The molecule has 114 valence electrons. The van der Waals surface area contributed by atoms with E-state index in [1.807, 2.05) is 60.6 Å². The molecule has 0 bridgehead atoms. The number of nitrogens with one attached hydrogen (secondary N) is 3. The lowest BCUT2D eigenvalue weighted by Crippen LogP contribution is -2.36. The van der Waals surface area contributed by atoms with Gasteiger partial charge in [-0.05, 0) is 24.8 Å². The molecule has 22 heavy (non-hydrogen) atoms. The predicted octanol–water partition coefficient (Wildman–Crippen LogP) is 2.74. The van der Waals surface area contributed by atoms with Crippen molar-refractivity contribution in [1.82, 2.24) is 16.0 Å². The summed E-state index contributed by atoms with van der Waals surface area (Å²) >= 11 is 0. The van der Waals surface area contributed by atoms with Crippen molar-refractivity contribution in [1.29, 1.82) is 0 Å². The van der Waals surface area contributed by atoms with Gasteiger partial charge in [-0.1, -0.05) is 36.4 Å². The van der Waals surface area contributed by atoms with E-state index < -0.39 is 0 Å². The van der Waals surface area contributed by atoms with Gasteiger partial charge in [0.05, 0.1) is 0 Å². The zero-order valence-electron chi connectivity index (χ0n) is 12.6. The summed E-state index contributed by atoms with van der Waals surface area (Å²) in [5.74, 6) is 0.0456. The largest absolute Gasteiger partial charge is 0.326 e. The SMILES string of the molecule is CC1=CN(CCCC(=O)Nc2cccc3ccccc23)NN1. The van der Waals surface area contributed by atoms with Gasteiger partial charge in [0.15, 0.2) is 0 Å². The van der Waals surface area contributed by atoms with E-state index >= 15 is 0 Å². The first kappa shape index (κ1) is 14.4. The summed E-state index contributed by atoms with van der Waals surface area (Å²) in [5.41, 5.74) is 7.96. The van der Waals surface area contributed by atoms with Gasteiger partial charge in [-0.25, -0.2) is 0 Å². The number of fused-ring (bicyclic) bond motifs is 1. The smallest absolute Gasteiger partial charge is 0.224 e. The van der Waals surface area contributed by atoms with E-state index in [1.54, 1.807) is 0 Å². The second-order valence-corrected chi connectivity index (χ2v) is 5.42. The number of nitrogens with zero attached hydrogens (tertiary/aromatic N) is 1. The van der Waals surface area contributed by atoms with E-state index in [9.17, 15) is 4.79 Å². The zero-order chi connectivity index (χ0) is 15.4. The van der Waals surface area contributed by atoms with Gasteiger partial charge in [0.25, 0.3) is 0 Å². The first-order valence-electron chi connectivity index (χ1n) is 7.47. The van der Waals surface area contributed by atoms with Crippen LogP contribution in [0.4, 0.5) is 5.69 Å². The fraction of sp³-hybridized carbons (Fsp3) is 0.235. The lowest BCUT2D eigenvalue weighted by Gasteiger charge is -2.14. The molecular formula is C17H20N4O. The van der Waals surface area contributed by atoms with Crippen LogP contribution in [0.3, 0.4) is 0 Å². The van der Waals surface area contributed by atoms with Gasteiger partial charge >= 0.3 is 0 Å². The second kappa shape index (κ2) is 6.49. The Bertz CT molecular complexity index is 705. The average Bonchev–Trinajstić information content (AvgIpc) is 2.93. The van der Waals surface area contributed by atoms with Crippen molar-refractivity contribution in [3.8, 4) is 0 Å². The maximum Gasteiger partial charge on any atom is 0.224 e. The summed E-state index contributed by atoms with van der Waals surface area (Å²) in [7, 11) is 0. The number of amides is 1. The molecule has 3 N–H and O–H groups in total. The van der Waals surface area contributed by atoms with Crippen molar-refractivity contribution in [3.63, 3.8) is 0 Å². The summed E-state index contributed by atoms with van der Waals surface area (Å²) in [4.78, 5) is 12.1. The van der Waals surface area contributed by atoms with Crippen LogP contribution in [0, 0.1) is 0 Å². The number of hydrogen-bond donors (Lipinski definition) is 3. The highest BCUT2D eigenvalue weighted by molar-refractivity contribution is 6.02. The zero-order valence-corrected chi connectivity index (χ0v) is 12.6. The highest BCUT2D eigenvalue weighted by Crippen LogP contribution is 2.23. The highest BCUT2D eigenvalue weighted by atomic mass is 16.1. The van der Waals surface area contributed by atoms with Crippen molar-refractivity contribution in [2.75, 3.05) is 11.9 Å². The molecule has 0 radical (unpaired) electrons. The van der Waals surface area contributed by atoms with Gasteiger partial charge in [0.2, 0.25) is 5.91 Å². The monoisotopic (exact) mass is 296 g/mol. The molecule has 5 heteroatoms. The number of benzene rings is 2. The molecular weight excluding hydrogens is 276 g/mol. The van der Waals surface area contributed by atoms with Crippen LogP contribution in [0.1, 0.15) is 19.8 Å². The van der Waals surface area contributed by atoms with Crippen LogP contribution < -0.4 is 16.3 Å². The third kappa shape index (κ3) is 3.38. The lowest BCUT2D eigenvalue weighted by molar-refractivity contribution is -0.116. The van der Waals surface area contributed by atoms with E-state index in [0.29, 0.717) is 6.42 Å². The Balaban J connectivity index is 1.55. The van der Waals surface area contributed by atoms with Gasteiger partial charge in [0.1, 0.15) is 0 Å². The standard InChI is InChI=1S/C17H20N4O/c1-13-12-21(20-19-13)11-5-10-17(22)18-16-9-4-7-14-6-2-3-8-15(14)16/h2-4,6-9,12,19-20H,5,10-11H2,1H3,(H,18,22). The van der Waals surface area contributed by atoms with Gasteiger partial charge in [-0.2, -0.15) is 0 Å². The number of carbonyl (C=O) groups is 1. The van der Waals surface area contributed by atoms with E-state index in [4.69, 9.17) is 0 Å². The third-order valence-corrected chi connectivity index (χ3v) is 3.61. The van der Waals surface area contributed by atoms with Crippen molar-refractivity contribution in [3.05, 3.63) is 54.4 Å². The Morgan fingerprint density at radius 1 is 1.18 bits per heavy atom. The van der Waals surface area contributed by atoms with Crippen molar-refractivity contribution < 1.29 is 4.79 Å². The lowest BCUT2D eigenvalue weighted by atomic mass is 10.1. The van der Waals surface area contributed by atoms with Crippen molar-refractivity contribution in [2.24, 2.45) is 0 Å². The van der Waals surface area contributed by atoms with E-state index in [2.05, 4.69) is 16.3 Å². The molecule has 0 fully saturated rings. The summed E-state index contributed by atoms with van der Waals surface area (Å²) < 4.78 is 0. The molecule has 0 atom stereocenters. The number of rotatable bonds is 5. The molecule has 0 saturated heterocycles. The van der Waals surface area contributed by atoms with Crippen LogP contribution >= 0.6 is 0 Å². The first-order chi connectivity index (χ1) is 10.7. The number of allylic oxidation sites excluding steroid dienone is 1. The second-order valence-electron chi connectivity index (χ2n) is 5.42. The minimum atomic E-state index is 0.0456. The van der Waals surface area contributed by atoms with E-state index in [1.165, 1.54) is 0 Å². The fourth-order valence-electron chi connectivity index (χ4n) is 2.54. The molecule has 5 nitrogen and oxygen atoms in total.